The molecule has 1 amide bonds. The molecule has 0 spiro atoms. The lowest BCUT2D eigenvalue weighted by atomic mass is 9.94. The van der Waals surface area contributed by atoms with Crippen molar-refractivity contribution in [3.63, 3.8) is 0 Å². The molecule has 2 aromatic rings. The molecular weight excluding hydrogens is 368 g/mol. The molecule has 6 nitrogen and oxygen atoms in total. The maximum atomic E-state index is 12.6. The number of carboxylic acids is 1. The third-order valence-corrected chi connectivity index (χ3v) is 5.35. The van der Waals surface area contributed by atoms with E-state index >= 15 is 0 Å². The van der Waals surface area contributed by atoms with Crippen molar-refractivity contribution < 1.29 is 19.4 Å². The number of amides is 1. The molecule has 2 N–H and O–H groups in total. The average Bonchev–Trinajstić information content (AvgIpc) is 2.70. The molecule has 0 bridgehead atoms. The highest BCUT2D eigenvalue weighted by Crippen LogP contribution is 2.32. The van der Waals surface area contributed by atoms with Crippen LogP contribution in [0.25, 0.3) is 11.1 Å². The van der Waals surface area contributed by atoms with E-state index in [1.807, 2.05) is 55.5 Å². The van der Waals surface area contributed by atoms with Gasteiger partial charge in [0.15, 0.2) is 0 Å². The van der Waals surface area contributed by atoms with Gasteiger partial charge in [-0.2, -0.15) is 0 Å². The molecule has 1 aliphatic rings. The Morgan fingerprint density at radius 1 is 1.17 bits per heavy atom. The van der Waals surface area contributed by atoms with E-state index in [-0.39, 0.29) is 18.4 Å². The molecule has 1 unspecified atom stereocenters. The maximum absolute atomic E-state index is 12.6. The number of benzene rings is 2. The Morgan fingerprint density at radius 2 is 1.86 bits per heavy atom. The van der Waals surface area contributed by atoms with Crippen molar-refractivity contribution >= 4 is 17.7 Å². The summed E-state index contributed by atoms with van der Waals surface area (Å²) in [6.45, 7) is 3.69. The number of carboxylic acid groups (broad SMARTS) is 1. The summed E-state index contributed by atoms with van der Waals surface area (Å²) in [6.07, 6.45) is 1.13. The first-order valence-electron chi connectivity index (χ1n) is 9.99. The average molecular weight is 396 g/mol. The molecule has 1 atom stereocenters. The molecule has 0 saturated carbocycles. The smallest absolute Gasteiger partial charge is 0.411 e. The third-order valence-electron chi connectivity index (χ3n) is 5.35. The lowest BCUT2D eigenvalue weighted by molar-refractivity contribution is -0.137. The van der Waals surface area contributed by atoms with Gasteiger partial charge in [-0.3, -0.25) is 10.1 Å². The van der Waals surface area contributed by atoms with Gasteiger partial charge in [-0.25, -0.2) is 4.79 Å². The lowest BCUT2D eigenvalue weighted by Crippen LogP contribution is -2.36. The number of anilines is 1. The lowest BCUT2D eigenvalue weighted by Gasteiger charge is -2.28. The normalized spacial score (nSPS) is 16.2. The van der Waals surface area contributed by atoms with Gasteiger partial charge in [0.2, 0.25) is 0 Å². The Hall–Kier alpha value is -2.86. The zero-order valence-corrected chi connectivity index (χ0v) is 16.9. The van der Waals surface area contributed by atoms with Crippen molar-refractivity contribution in [3.8, 4) is 11.1 Å². The first-order valence-corrected chi connectivity index (χ1v) is 9.99. The van der Waals surface area contributed by atoms with E-state index in [4.69, 9.17) is 9.84 Å². The largest absolute Gasteiger partial charge is 0.481 e. The van der Waals surface area contributed by atoms with Gasteiger partial charge in [-0.1, -0.05) is 49.4 Å². The Morgan fingerprint density at radius 3 is 2.52 bits per heavy atom. The minimum Gasteiger partial charge on any atom is -0.481 e. The number of likely N-dealkylation sites (tertiary alicyclic amines) is 1. The summed E-state index contributed by atoms with van der Waals surface area (Å²) >= 11 is 0. The van der Waals surface area contributed by atoms with Crippen LogP contribution < -0.4 is 5.32 Å². The van der Waals surface area contributed by atoms with E-state index in [0.29, 0.717) is 5.69 Å². The predicted octanol–water partition coefficient (Wildman–Crippen LogP) is 4.57. The molecule has 1 fully saturated rings. The number of carbonyl (C=O) groups is 2. The highest BCUT2D eigenvalue weighted by Gasteiger charge is 2.21. The zero-order chi connectivity index (χ0) is 20.8. The topological polar surface area (TPSA) is 78.9 Å². The summed E-state index contributed by atoms with van der Waals surface area (Å²) in [7, 11) is 2.06. The second-order valence-electron chi connectivity index (χ2n) is 7.70. The fraction of sp³-hybridized carbons (Fsp3) is 0.391. The molecular formula is C23H28N2O4. The quantitative estimate of drug-likeness (QED) is 0.747. The number of aliphatic carboxylic acids is 1. The first-order chi connectivity index (χ1) is 13.9. The number of ether oxygens (including phenoxy) is 1. The van der Waals surface area contributed by atoms with Crippen molar-refractivity contribution in [1.82, 2.24) is 4.90 Å². The van der Waals surface area contributed by atoms with Crippen molar-refractivity contribution in [2.75, 3.05) is 25.5 Å². The van der Waals surface area contributed by atoms with Gasteiger partial charge < -0.3 is 14.7 Å². The number of carbonyl (C=O) groups excluding carboxylic acids is 1. The molecule has 2 aromatic carbocycles. The summed E-state index contributed by atoms with van der Waals surface area (Å²) in [6, 6.07) is 15.5. The van der Waals surface area contributed by atoms with Crippen LogP contribution in [0.2, 0.25) is 0 Å². The number of hydrogen-bond acceptors (Lipinski definition) is 4. The minimum absolute atomic E-state index is 0.0319. The highest BCUT2D eigenvalue weighted by molar-refractivity contribution is 5.92. The third kappa shape index (κ3) is 5.81. The molecule has 154 valence electrons. The van der Waals surface area contributed by atoms with Gasteiger partial charge in [0.1, 0.15) is 6.10 Å². The fourth-order valence-corrected chi connectivity index (χ4v) is 3.61. The van der Waals surface area contributed by atoms with Crippen LogP contribution in [0.1, 0.15) is 37.7 Å². The van der Waals surface area contributed by atoms with Crippen LogP contribution in [0.15, 0.2) is 48.5 Å². The van der Waals surface area contributed by atoms with E-state index < -0.39 is 12.1 Å². The maximum Gasteiger partial charge on any atom is 0.411 e. The number of nitrogens with zero attached hydrogens (tertiary/aromatic N) is 1. The molecule has 1 aliphatic heterocycles. The Labute approximate surface area is 171 Å². The Bertz CT molecular complexity index is 845. The molecule has 6 heteroatoms. The second kappa shape index (κ2) is 9.56. The second-order valence-corrected chi connectivity index (χ2v) is 7.70. The van der Waals surface area contributed by atoms with Crippen LogP contribution in [-0.4, -0.2) is 48.3 Å². The molecule has 0 aromatic heterocycles. The predicted molar refractivity (Wildman–Crippen MR) is 113 cm³/mol. The van der Waals surface area contributed by atoms with E-state index in [1.165, 1.54) is 0 Å². The number of piperidine rings is 1. The molecule has 1 heterocycles. The van der Waals surface area contributed by atoms with Crippen LogP contribution in [0.5, 0.6) is 0 Å². The SMILES string of the molecule is CC(CC(=O)O)c1ccc(-c2ccccc2)c(NC(=O)OC2CCN(C)CC2)c1. The highest BCUT2D eigenvalue weighted by atomic mass is 16.6. The van der Waals surface area contributed by atoms with Crippen molar-refractivity contribution in [2.24, 2.45) is 0 Å². The van der Waals surface area contributed by atoms with E-state index in [9.17, 15) is 9.59 Å². The van der Waals surface area contributed by atoms with Gasteiger partial charge >= 0.3 is 12.1 Å². The van der Waals surface area contributed by atoms with E-state index in [2.05, 4.69) is 17.3 Å². The van der Waals surface area contributed by atoms with E-state index in [0.717, 1.165) is 42.6 Å². The summed E-state index contributed by atoms with van der Waals surface area (Å²) < 4.78 is 5.63. The van der Waals surface area contributed by atoms with Crippen LogP contribution in [0.3, 0.4) is 0 Å². The summed E-state index contributed by atoms with van der Waals surface area (Å²) in [5, 5.41) is 12.0. The monoisotopic (exact) mass is 396 g/mol. The van der Waals surface area contributed by atoms with Crippen LogP contribution in [0, 0.1) is 0 Å². The van der Waals surface area contributed by atoms with Gasteiger partial charge in [0, 0.05) is 18.7 Å². The van der Waals surface area contributed by atoms with Crippen molar-refractivity contribution in [3.05, 3.63) is 54.1 Å². The minimum atomic E-state index is -0.846. The van der Waals surface area contributed by atoms with Gasteiger partial charge in [0.05, 0.1) is 12.1 Å². The number of rotatable bonds is 6. The summed E-state index contributed by atoms with van der Waals surface area (Å²) in [4.78, 5) is 25.9. The fourth-order valence-electron chi connectivity index (χ4n) is 3.61. The molecule has 0 aliphatic carbocycles. The van der Waals surface area contributed by atoms with E-state index in [1.54, 1.807) is 0 Å². The van der Waals surface area contributed by atoms with Crippen molar-refractivity contribution in [1.29, 1.82) is 0 Å². The van der Waals surface area contributed by atoms with Crippen LogP contribution >= 0.6 is 0 Å². The Kier molecular flexibility index (Phi) is 6.88. The van der Waals surface area contributed by atoms with Crippen molar-refractivity contribution in [2.45, 2.75) is 38.2 Å². The van der Waals surface area contributed by atoms with Gasteiger partial charge in [0.25, 0.3) is 0 Å². The molecule has 3 rings (SSSR count). The Balaban J connectivity index is 1.81. The standard InChI is InChI=1S/C23H28N2O4/c1-16(14-22(26)27)18-8-9-20(17-6-4-3-5-7-17)21(15-18)24-23(28)29-19-10-12-25(2)13-11-19/h3-9,15-16,19H,10-14H2,1-2H3,(H,24,28)(H,26,27). The summed E-state index contributed by atoms with van der Waals surface area (Å²) in [5.41, 5.74) is 3.34. The molecule has 29 heavy (non-hydrogen) atoms. The van der Waals surface area contributed by atoms with Crippen LogP contribution in [0.4, 0.5) is 10.5 Å². The van der Waals surface area contributed by atoms with Crippen LogP contribution in [-0.2, 0) is 9.53 Å². The number of nitrogens with one attached hydrogen (secondary N) is 1. The zero-order valence-electron chi connectivity index (χ0n) is 16.9. The first kappa shape index (κ1) is 20.9. The van der Waals surface area contributed by atoms with Gasteiger partial charge in [-0.15, -0.1) is 0 Å². The summed E-state index contributed by atoms with van der Waals surface area (Å²) in [5.74, 6) is -1.01. The molecule has 1 saturated heterocycles. The number of hydrogen-bond donors (Lipinski definition) is 2. The molecule has 0 radical (unpaired) electrons. The van der Waals surface area contributed by atoms with Gasteiger partial charge in [-0.05, 0) is 43.0 Å².